The van der Waals surface area contributed by atoms with Crippen molar-refractivity contribution in [2.45, 2.75) is 46.0 Å². The van der Waals surface area contributed by atoms with Gasteiger partial charge in [-0.15, -0.1) is 0 Å². The number of carbonyl (C=O) groups excluding carboxylic acids is 1. The van der Waals surface area contributed by atoms with Crippen LogP contribution in [0.5, 0.6) is 11.5 Å². The Kier molecular flexibility index (Phi) is 6.56. The van der Waals surface area contributed by atoms with Crippen molar-refractivity contribution in [1.29, 1.82) is 0 Å². The van der Waals surface area contributed by atoms with E-state index in [0.29, 0.717) is 18.8 Å². The van der Waals surface area contributed by atoms with Gasteiger partial charge in [0.2, 0.25) is 0 Å². The largest absolute Gasteiger partial charge is 0.507 e. The van der Waals surface area contributed by atoms with Gasteiger partial charge in [0, 0.05) is 43.3 Å². The van der Waals surface area contributed by atoms with E-state index in [4.69, 9.17) is 4.74 Å². The Bertz CT molecular complexity index is 1000. The lowest BCUT2D eigenvalue weighted by atomic mass is 9.88. The predicted molar refractivity (Wildman–Crippen MR) is 127 cm³/mol. The molecule has 1 amide bonds. The number of piperazine rings is 1. The maximum Gasteiger partial charge on any atom is 0.285 e. The lowest BCUT2D eigenvalue weighted by Gasteiger charge is -2.38. The number of benzene rings is 2. The maximum atomic E-state index is 13.2. The molecule has 2 aromatic rings. The first-order valence-electron chi connectivity index (χ1n) is 11.2. The molecule has 1 fully saturated rings. The zero-order valence-electron chi connectivity index (χ0n) is 19.2. The molecule has 172 valence electrons. The molecule has 2 unspecified atom stereocenters. The number of fused-ring (bicyclic) bond motifs is 1. The van der Waals surface area contributed by atoms with Gasteiger partial charge in [-0.1, -0.05) is 6.92 Å². The van der Waals surface area contributed by atoms with E-state index in [1.165, 1.54) is 23.9 Å². The van der Waals surface area contributed by atoms with Gasteiger partial charge in [0.25, 0.3) is 5.24 Å². The molecular weight excluding hydrogens is 427 g/mol. The number of hydrogen-bond acceptors (Lipinski definition) is 5. The molecule has 5 nitrogen and oxygen atoms in total. The average molecular weight is 459 g/mol. The van der Waals surface area contributed by atoms with Crippen LogP contribution in [0.15, 0.2) is 24.3 Å². The maximum absolute atomic E-state index is 13.2. The zero-order valence-corrected chi connectivity index (χ0v) is 20.0. The summed E-state index contributed by atoms with van der Waals surface area (Å²) < 4.78 is 19.6. The van der Waals surface area contributed by atoms with E-state index in [2.05, 4.69) is 11.8 Å². The molecule has 2 heterocycles. The number of aromatic hydroxyl groups is 1. The van der Waals surface area contributed by atoms with Gasteiger partial charge in [0.1, 0.15) is 17.3 Å². The van der Waals surface area contributed by atoms with Gasteiger partial charge in [-0.25, -0.2) is 4.39 Å². The number of phenolic OH excluding ortho intramolecular Hbond substituents is 1. The first-order valence-corrected chi connectivity index (χ1v) is 12.1. The molecule has 4 rings (SSSR count). The number of thioether (sulfide) groups is 1. The first kappa shape index (κ1) is 22.8. The number of anilines is 1. The second kappa shape index (κ2) is 9.22. The molecule has 2 atom stereocenters. The third kappa shape index (κ3) is 4.27. The number of amides is 1. The van der Waals surface area contributed by atoms with E-state index >= 15 is 0 Å². The third-order valence-electron chi connectivity index (χ3n) is 6.90. The van der Waals surface area contributed by atoms with Crippen molar-refractivity contribution in [3.63, 3.8) is 0 Å². The minimum absolute atomic E-state index is 0.0422. The highest BCUT2D eigenvalue weighted by Crippen LogP contribution is 2.45. The van der Waals surface area contributed by atoms with Crippen LogP contribution in [0, 0.1) is 32.5 Å². The summed E-state index contributed by atoms with van der Waals surface area (Å²) in [5.74, 6) is 1.14. The van der Waals surface area contributed by atoms with E-state index in [9.17, 15) is 14.3 Å². The average Bonchev–Trinajstić information content (AvgIpc) is 2.81. The minimum atomic E-state index is -0.241. The summed E-state index contributed by atoms with van der Waals surface area (Å²) in [5, 5.41) is 10.5. The number of halogens is 1. The molecule has 0 aromatic heterocycles. The van der Waals surface area contributed by atoms with Crippen LogP contribution in [0.4, 0.5) is 14.9 Å². The molecule has 1 N–H and O–H groups in total. The van der Waals surface area contributed by atoms with Crippen molar-refractivity contribution in [3.8, 4) is 11.5 Å². The van der Waals surface area contributed by atoms with Gasteiger partial charge in [-0.3, -0.25) is 4.79 Å². The summed E-state index contributed by atoms with van der Waals surface area (Å²) in [6, 6.07) is 6.50. The summed E-state index contributed by atoms with van der Waals surface area (Å²) >= 11 is 1.28. The molecular formula is C25H31FN2O3S. The normalized spacial score (nSPS) is 20.7. The van der Waals surface area contributed by atoms with E-state index in [-0.39, 0.29) is 22.4 Å². The van der Waals surface area contributed by atoms with Crippen LogP contribution < -0.4 is 9.64 Å². The Morgan fingerprint density at radius 3 is 2.38 bits per heavy atom. The zero-order chi connectivity index (χ0) is 23.0. The third-order valence-corrected chi connectivity index (χ3v) is 8.07. The fraction of sp³-hybridized carbons (Fsp3) is 0.480. The quantitative estimate of drug-likeness (QED) is 0.666. The number of rotatable bonds is 3. The van der Waals surface area contributed by atoms with Crippen LogP contribution in [0.25, 0.3) is 0 Å². The van der Waals surface area contributed by atoms with Crippen molar-refractivity contribution >= 4 is 22.7 Å². The molecule has 7 heteroatoms. The smallest absolute Gasteiger partial charge is 0.285 e. The van der Waals surface area contributed by atoms with Crippen LogP contribution >= 0.6 is 11.8 Å². The molecule has 32 heavy (non-hydrogen) atoms. The van der Waals surface area contributed by atoms with Crippen LogP contribution in [-0.4, -0.2) is 46.9 Å². The molecule has 1 saturated heterocycles. The Balaban J connectivity index is 1.43. The summed E-state index contributed by atoms with van der Waals surface area (Å²) in [6.07, 6.45) is 1.70. The number of phenols is 1. The number of carbonyl (C=O) groups is 1. The molecule has 2 aliphatic rings. The molecule has 0 spiro atoms. The van der Waals surface area contributed by atoms with Gasteiger partial charge in [0.05, 0.1) is 0 Å². The van der Waals surface area contributed by atoms with E-state index < -0.39 is 0 Å². The van der Waals surface area contributed by atoms with Crippen molar-refractivity contribution < 1.29 is 19.0 Å². The second-order valence-electron chi connectivity index (χ2n) is 8.72. The van der Waals surface area contributed by atoms with Gasteiger partial charge in [-0.05, 0) is 86.3 Å². The molecule has 2 aliphatic heterocycles. The summed E-state index contributed by atoms with van der Waals surface area (Å²) in [4.78, 5) is 17.2. The highest BCUT2D eigenvalue weighted by Gasteiger charge is 2.36. The summed E-state index contributed by atoms with van der Waals surface area (Å²) in [6.45, 7) is 10.6. The topological polar surface area (TPSA) is 53.0 Å². The van der Waals surface area contributed by atoms with Crippen molar-refractivity contribution in [3.05, 3.63) is 52.3 Å². The standard InChI is InChI=1S/C25H31FN2O3S/c1-5-18-14-21-17(4)22(29)15(2)16(3)23(21)31-24(18)32-25(30)28-12-10-27(11-13-28)20-8-6-19(26)7-9-20/h6-9,18,24,29H,5,10-14H2,1-4H3. The summed E-state index contributed by atoms with van der Waals surface area (Å²) in [7, 11) is 0. The van der Waals surface area contributed by atoms with Crippen molar-refractivity contribution in [2.24, 2.45) is 5.92 Å². The highest BCUT2D eigenvalue weighted by molar-refractivity contribution is 8.13. The lowest BCUT2D eigenvalue weighted by molar-refractivity contribution is 0.181. The fourth-order valence-corrected chi connectivity index (χ4v) is 5.73. The number of hydrogen-bond donors (Lipinski definition) is 1. The van der Waals surface area contributed by atoms with Crippen LogP contribution in [0.3, 0.4) is 0 Å². The van der Waals surface area contributed by atoms with Gasteiger partial charge in [-0.2, -0.15) is 0 Å². The van der Waals surface area contributed by atoms with Crippen molar-refractivity contribution in [1.82, 2.24) is 4.90 Å². The fourth-order valence-electron chi connectivity index (χ4n) is 4.57. The van der Waals surface area contributed by atoms with E-state index in [0.717, 1.165) is 59.6 Å². The highest BCUT2D eigenvalue weighted by atomic mass is 32.2. The number of nitrogens with zero attached hydrogens (tertiary/aromatic N) is 2. The summed E-state index contributed by atoms with van der Waals surface area (Å²) in [5.41, 5.74) is 4.47. The molecule has 0 bridgehead atoms. The number of ether oxygens (including phenoxy) is 1. The Morgan fingerprint density at radius 1 is 1.09 bits per heavy atom. The minimum Gasteiger partial charge on any atom is -0.507 e. The lowest BCUT2D eigenvalue weighted by Crippen LogP contribution is -2.48. The first-order chi connectivity index (χ1) is 15.3. The monoisotopic (exact) mass is 458 g/mol. The Hall–Kier alpha value is -2.41. The van der Waals surface area contributed by atoms with Crippen LogP contribution in [-0.2, 0) is 6.42 Å². The second-order valence-corrected chi connectivity index (χ2v) is 9.77. The van der Waals surface area contributed by atoms with Crippen molar-refractivity contribution in [2.75, 3.05) is 31.1 Å². The van der Waals surface area contributed by atoms with Crippen LogP contribution in [0.2, 0.25) is 0 Å². The van der Waals surface area contributed by atoms with Gasteiger partial charge in [0.15, 0.2) is 5.44 Å². The molecule has 2 aromatic carbocycles. The predicted octanol–water partition coefficient (Wildman–Crippen LogP) is 5.42. The van der Waals surface area contributed by atoms with E-state index in [1.807, 2.05) is 25.7 Å². The molecule has 0 radical (unpaired) electrons. The molecule has 0 aliphatic carbocycles. The van der Waals surface area contributed by atoms with Gasteiger partial charge < -0.3 is 19.6 Å². The molecule has 0 saturated carbocycles. The van der Waals surface area contributed by atoms with Gasteiger partial charge >= 0.3 is 0 Å². The Morgan fingerprint density at radius 2 is 1.75 bits per heavy atom. The van der Waals surface area contributed by atoms with Crippen LogP contribution in [0.1, 0.15) is 35.6 Å². The van der Waals surface area contributed by atoms with E-state index in [1.54, 1.807) is 12.1 Å². The SMILES string of the molecule is CCC1Cc2c(C)c(O)c(C)c(C)c2OC1SC(=O)N1CCN(c2ccc(F)cc2)CC1. The Labute approximate surface area is 193 Å².